The van der Waals surface area contributed by atoms with E-state index in [-0.39, 0.29) is 0 Å². The van der Waals surface area contributed by atoms with Gasteiger partial charge < -0.3 is 20.6 Å². The van der Waals surface area contributed by atoms with Crippen LogP contribution >= 0.6 is 0 Å². The van der Waals surface area contributed by atoms with E-state index in [1.807, 2.05) is 28.5 Å². The average Bonchev–Trinajstić information content (AvgIpc) is 2.77. The molecule has 1 aliphatic heterocycles. The van der Waals surface area contributed by atoms with Crippen LogP contribution in [0.3, 0.4) is 0 Å². The maximum Gasteiger partial charge on any atom is 0.352 e. The van der Waals surface area contributed by atoms with Gasteiger partial charge in [-0.2, -0.15) is 0 Å². The molecular formula is C30H60O5Si5. The standard InChI is InChI=1S/C30H60O5Si5/c1-21-36(26(6,7)8)31-37(22-2,27(9,10)11)33-39(24-4,29(15,16)17)35-40(25-5,30(18,19)20)34-38(23-3,32-36)28(12,13)14/h21-25H,1-5H2,6-20H3. The lowest BCUT2D eigenvalue weighted by atomic mass is 10.2. The molecule has 1 heterocycles. The molecule has 5 nitrogen and oxygen atoms in total. The lowest BCUT2D eigenvalue weighted by molar-refractivity contribution is 0.185. The predicted octanol–water partition coefficient (Wildman–Crippen LogP) is 9.92. The van der Waals surface area contributed by atoms with E-state index in [9.17, 15) is 0 Å². The molecule has 0 saturated carbocycles. The lowest BCUT2D eigenvalue weighted by Crippen LogP contribution is -2.75. The molecule has 40 heavy (non-hydrogen) atoms. The van der Waals surface area contributed by atoms with Gasteiger partial charge in [-0.05, 0) is 0 Å². The van der Waals surface area contributed by atoms with Crippen LogP contribution in [0.2, 0.25) is 25.2 Å². The van der Waals surface area contributed by atoms with Crippen LogP contribution in [0.25, 0.3) is 0 Å². The van der Waals surface area contributed by atoms with Crippen LogP contribution < -0.4 is 0 Å². The minimum absolute atomic E-state index is 0.430. The van der Waals surface area contributed by atoms with E-state index in [0.717, 1.165) is 0 Å². The predicted molar refractivity (Wildman–Crippen MR) is 184 cm³/mol. The zero-order chi connectivity index (χ0) is 32.1. The molecular weight excluding hydrogens is 581 g/mol. The first kappa shape index (κ1) is 37.6. The van der Waals surface area contributed by atoms with Gasteiger partial charge in [0.05, 0.1) is 0 Å². The second kappa shape index (κ2) is 11.3. The van der Waals surface area contributed by atoms with Crippen molar-refractivity contribution in [3.63, 3.8) is 0 Å². The molecule has 1 fully saturated rings. The summed E-state index contributed by atoms with van der Waals surface area (Å²) in [4.78, 5) is 0. The Hall–Kier alpha value is -0.416. The molecule has 0 amide bonds. The summed E-state index contributed by atoms with van der Waals surface area (Å²) in [6, 6.07) is 0. The number of hydrogen-bond donors (Lipinski definition) is 0. The van der Waals surface area contributed by atoms with E-state index in [1.165, 1.54) is 0 Å². The van der Waals surface area contributed by atoms with Crippen LogP contribution in [0, 0.1) is 0 Å². The first-order chi connectivity index (χ1) is 17.6. The maximum absolute atomic E-state index is 7.52. The van der Waals surface area contributed by atoms with Crippen molar-refractivity contribution >= 4 is 42.8 Å². The summed E-state index contributed by atoms with van der Waals surface area (Å²) in [7, 11) is -16.9. The van der Waals surface area contributed by atoms with Crippen LogP contribution in [0.4, 0.5) is 0 Å². The van der Waals surface area contributed by atoms with Crippen molar-refractivity contribution in [1.29, 1.82) is 0 Å². The van der Waals surface area contributed by atoms with Crippen molar-refractivity contribution in [2.24, 2.45) is 0 Å². The molecule has 10 heteroatoms. The first-order valence-corrected chi connectivity index (χ1v) is 23.7. The molecule has 0 N–H and O–H groups in total. The zero-order valence-corrected chi connectivity index (χ0v) is 33.5. The van der Waals surface area contributed by atoms with Crippen molar-refractivity contribution in [3.8, 4) is 0 Å². The highest BCUT2D eigenvalue weighted by molar-refractivity contribution is 7.02. The van der Waals surface area contributed by atoms with Crippen LogP contribution in [0.1, 0.15) is 104 Å². The third kappa shape index (κ3) is 6.27. The quantitative estimate of drug-likeness (QED) is 0.280. The Morgan fingerprint density at radius 1 is 0.300 bits per heavy atom. The van der Waals surface area contributed by atoms with E-state index in [2.05, 4.69) is 137 Å². The number of hydrogen-bond acceptors (Lipinski definition) is 5. The summed E-state index contributed by atoms with van der Waals surface area (Å²) < 4.78 is 37.6. The molecule has 230 valence electrons. The summed E-state index contributed by atoms with van der Waals surface area (Å²) in [5, 5.41) is -2.15. The van der Waals surface area contributed by atoms with Crippen LogP contribution in [-0.4, -0.2) is 42.8 Å². The first-order valence-electron chi connectivity index (χ1n) is 14.3. The van der Waals surface area contributed by atoms with Crippen molar-refractivity contribution in [1.82, 2.24) is 0 Å². The minimum Gasteiger partial charge on any atom is -0.409 e. The molecule has 0 atom stereocenters. The molecule has 0 aliphatic carbocycles. The Kier molecular flexibility index (Phi) is 10.6. The fourth-order valence-electron chi connectivity index (χ4n) is 4.71. The molecule has 0 radical (unpaired) electrons. The third-order valence-electron chi connectivity index (χ3n) is 8.09. The fourth-order valence-corrected chi connectivity index (χ4v) is 35.1. The highest BCUT2D eigenvalue weighted by Gasteiger charge is 2.70. The second-order valence-electron chi connectivity index (χ2n) is 16.1. The molecule has 0 unspecified atom stereocenters. The van der Waals surface area contributed by atoms with Gasteiger partial charge in [-0.15, -0.1) is 32.9 Å². The van der Waals surface area contributed by atoms with Gasteiger partial charge in [0.15, 0.2) is 0 Å². The van der Waals surface area contributed by atoms with Gasteiger partial charge in [-0.3, -0.25) is 0 Å². The molecule has 1 saturated heterocycles. The molecule has 0 aromatic heterocycles. The zero-order valence-electron chi connectivity index (χ0n) is 28.5. The smallest absolute Gasteiger partial charge is 0.352 e. The molecule has 1 aliphatic rings. The largest absolute Gasteiger partial charge is 0.409 e. The fraction of sp³-hybridized carbons (Fsp3) is 0.667. The van der Waals surface area contributed by atoms with Gasteiger partial charge in [-0.25, -0.2) is 0 Å². The van der Waals surface area contributed by atoms with Crippen molar-refractivity contribution in [2.75, 3.05) is 0 Å². The van der Waals surface area contributed by atoms with E-state index in [1.54, 1.807) is 0 Å². The van der Waals surface area contributed by atoms with E-state index >= 15 is 0 Å². The van der Waals surface area contributed by atoms with Crippen LogP contribution in [-0.2, 0) is 20.6 Å². The average molecular weight is 641 g/mol. The molecule has 0 bridgehead atoms. The summed E-state index contributed by atoms with van der Waals surface area (Å²) in [6.45, 7) is 54.1. The van der Waals surface area contributed by atoms with Gasteiger partial charge in [0.2, 0.25) is 0 Å². The summed E-state index contributed by atoms with van der Waals surface area (Å²) >= 11 is 0. The SMILES string of the molecule is C=C[Si]1(C(C)(C)C)O[Si](C=C)(C(C)(C)C)O[Si](C=C)(C(C)(C)C)O[Si](C=C)(C(C)(C)C)O[Si](C=C)(C(C)(C)C)O1. The monoisotopic (exact) mass is 640 g/mol. The van der Waals surface area contributed by atoms with Crippen molar-refractivity contribution in [2.45, 2.75) is 129 Å². The number of rotatable bonds is 5. The Bertz CT molecular complexity index is 791. The summed E-state index contributed by atoms with van der Waals surface area (Å²) in [5.41, 5.74) is 9.58. The van der Waals surface area contributed by atoms with Gasteiger partial charge in [0.25, 0.3) is 0 Å². The molecule has 0 aromatic rings. The Morgan fingerprint density at radius 3 is 0.450 bits per heavy atom. The van der Waals surface area contributed by atoms with Crippen LogP contribution in [0.15, 0.2) is 61.4 Å². The summed E-state index contributed by atoms with van der Waals surface area (Å²) in [6.07, 6.45) is 0. The summed E-state index contributed by atoms with van der Waals surface area (Å²) in [5.74, 6) is 0. The Balaban J connectivity index is 4.67. The highest BCUT2D eigenvalue weighted by atomic mass is 28.5. The Labute approximate surface area is 253 Å². The highest BCUT2D eigenvalue weighted by Crippen LogP contribution is 2.57. The van der Waals surface area contributed by atoms with Gasteiger partial charge in [0.1, 0.15) is 0 Å². The second-order valence-corrected chi connectivity index (χ2v) is 36.4. The van der Waals surface area contributed by atoms with Crippen molar-refractivity contribution in [3.05, 3.63) is 61.4 Å². The van der Waals surface area contributed by atoms with Gasteiger partial charge in [-0.1, -0.05) is 132 Å². The topological polar surface area (TPSA) is 46.2 Å². The lowest BCUT2D eigenvalue weighted by Gasteiger charge is -2.60. The normalized spacial score (nSPS) is 35.4. The van der Waals surface area contributed by atoms with Crippen molar-refractivity contribution < 1.29 is 20.6 Å². The van der Waals surface area contributed by atoms with Gasteiger partial charge >= 0.3 is 42.8 Å². The molecule has 0 spiro atoms. The van der Waals surface area contributed by atoms with E-state index < -0.39 is 68.0 Å². The minimum atomic E-state index is -3.38. The van der Waals surface area contributed by atoms with E-state index in [0.29, 0.717) is 0 Å². The molecule has 1 rings (SSSR count). The molecule has 0 aromatic carbocycles. The van der Waals surface area contributed by atoms with Crippen LogP contribution in [0.5, 0.6) is 0 Å². The van der Waals surface area contributed by atoms with Gasteiger partial charge in [0, 0.05) is 25.2 Å². The third-order valence-corrected chi connectivity index (χ3v) is 33.4. The van der Waals surface area contributed by atoms with E-state index in [4.69, 9.17) is 20.6 Å². The maximum atomic E-state index is 7.52. The Morgan fingerprint density at radius 2 is 0.400 bits per heavy atom.